The number of hydrogen-bond acceptors (Lipinski definition) is 3. The van der Waals surface area contributed by atoms with Gasteiger partial charge in [-0.2, -0.15) is 0 Å². The Hall–Kier alpha value is -1.90. The van der Waals surface area contributed by atoms with Gasteiger partial charge in [-0.1, -0.05) is 38.1 Å². The van der Waals surface area contributed by atoms with Gasteiger partial charge in [-0.05, 0) is 37.8 Å². The molecule has 1 aromatic carbocycles. The largest absolute Gasteiger partial charge is 0.370 e. The van der Waals surface area contributed by atoms with E-state index in [4.69, 9.17) is 9.97 Å². The van der Waals surface area contributed by atoms with Crippen LogP contribution >= 0.6 is 0 Å². The van der Waals surface area contributed by atoms with Crippen LogP contribution in [-0.4, -0.2) is 16.5 Å². The number of nitrogens with zero attached hydrogens (tertiary/aromatic N) is 2. The zero-order valence-electron chi connectivity index (χ0n) is 13.7. The second kappa shape index (κ2) is 6.70. The lowest BCUT2D eigenvalue weighted by molar-refractivity contribution is 0.810. The molecule has 2 rings (SSSR count). The van der Waals surface area contributed by atoms with Gasteiger partial charge in [-0.25, -0.2) is 9.97 Å². The minimum atomic E-state index is 0.423. The average molecular weight is 283 g/mol. The van der Waals surface area contributed by atoms with Crippen LogP contribution in [0.1, 0.15) is 54.9 Å². The van der Waals surface area contributed by atoms with E-state index in [2.05, 4.69) is 64.2 Å². The first-order valence-corrected chi connectivity index (χ1v) is 7.68. The fourth-order valence-electron chi connectivity index (χ4n) is 2.69. The summed E-state index contributed by atoms with van der Waals surface area (Å²) in [4.78, 5) is 9.48. The van der Waals surface area contributed by atoms with E-state index in [0.717, 1.165) is 30.3 Å². The average Bonchev–Trinajstić information content (AvgIpc) is 2.41. The van der Waals surface area contributed by atoms with E-state index in [0.29, 0.717) is 5.92 Å². The van der Waals surface area contributed by atoms with Gasteiger partial charge < -0.3 is 5.32 Å². The molecule has 112 valence electrons. The summed E-state index contributed by atoms with van der Waals surface area (Å²) in [5.41, 5.74) is 4.89. The van der Waals surface area contributed by atoms with Gasteiger partial charge >= 0.3 is 0 Å². The molecular weight excluding hydrogens is 258 g/mol. The van der Waals surface area contributed by atoms with E-state index in [1.54, 1.807) is 0 Å². The van der Waals surface area contributed by atoms with Crippen LogP contribution in [-0.2, 0) is 6.42 Å². The maximum absolute atomic E-state index is 4.76. The fraction of sp³-hybridized carbons (Fsp3) is 0.444. The minimum Gasteiger partial charge on any atom is -0.370 e. The smallest absolute Gasteiger partial charge is 0.135 e. The van der Waals surface area contributed by atoms with Crippen molar-refractivity contribution in [1.29, 1.82) is 0 Å². The number of nitrogens with one attached hydrogen (secondary N) is 1. The SMILES string of the molecule is CCNc1nc(Cc2ccccc2C)nc(C)c1C(C)C. The molecule has 0 aliphatic heterocycles. The normalized spacial score (nSPS) is 11.0. The third-order valence-electron chi connectivity index (χ3n) is 3.71. The molecule has 0 aliphatic carbocycles. The molecule has 0 spiro atoms. The van der Waals surface area contributed by atoms with E-state index in [-0.39, 0.29) is 0 Å². The summed E-state index contributed by atoms with van der Waals surface area (Å²) < 4.78 is 0. The predicted octanol–water partition coefficient (Wildman–Crippen LogP) is 4.24. The Morgan fingerprint density at radius 2 is 1.81 bits per heavy atom. The highest BCUT2D eigenvalue weighted by molar-refractivity contribution is 5.48. The molecule has 2 aromatic rings. The van der Waals surface area contributed by atoms with Gasteiger partial charge in [0.2, 0.25) is 0 Å². The molecule has 3 heteroatoms. The lowest BCUT2D eigenvalue weighted by atomic mass is 10.0. The van der Waals surface area contributed by atoms with Crippen LogP contribution in [0.4, 0.5) is 5.82 Å². The van der Waals surface area contributed by atoms with Crippen molar-refractivity contribution >= 4 is 5.82 Å². The summed E-state index contributed by atoms with van der Waals surface area (Å²) in [5.74, 6) is 2.30. The lowest BCUT2D eigenvalue weighted by Crippen LogP contribution is -2.11. The molecule has 0 atom stereocenters. The molecule has 1 heterocycles. The standard InChI is InChI=1S/C18H25N3/c1-6-19-18-17(12(2)3)14(5)20-16(21-18)11-15-10-8-7-9-13(15)4/h7-10,12H,6,11H2,1-5H3,(H,19,20,21). The third-order valence-corrected chi connectivity index (χ3v) is 3.71. The van der Waals surface area contributed by atoms with Crippen molar-refractivity contribution in [3.8, 4) is 0 Å². The first-order valence-electron chi connectivity index (χ1n) is 7.68. The maximum atomic E-state index is 4.76. The van der Waals surface area contributed by atoms with Gasteiger partial charge in [-0.15, -0.1) is 0 Å². The maximum Gasteiger partial charge on any atom is 0.135 e. The van der Waals surface area contributed by atoms with E-state index >= 15 is 0 Å². The summed E-state index contributed by atoms with van der Waals surface area (Å²) in [6.07, 6.45) is 0.782. The van der Waals surface area contributed by atoms with Crippen LogP contribution in [0.3, 0.4) is 0 Å². The minimum absolute atomic E-state index is 0.423. The summed E-state index contributed by atoms with van der Waals surface area (Å²) in [5, 5.41) is 3.39. The van der Waals surface area contributed by atoms with E-state index < -0.39 is 0 Å². The summed E-state index contributed by atoms with van der Waals surface area (Å²) in [6.45, 7) is 11.6. The van der Waals surface area contributed by atoms with Crippen LogP contribution in [0.25, 0.3) is 0 Å². The monoisotopic (exact) mass is 283 g/mol. The number of aryl methyl sites for hydroxylation is 2. The van der Waals surface area contributed by atoms with Crippen LogP contribution in [0.2, 0.25) is 0 Å². The fourth-order valence-corrected chi connectivity index (χ4v) is 2.69. The number of aromatic nitrogens is 2. The Bertz CT molecular complexity index is 618. The molecule has 0 aliphatic rings. The van der Waals surface area contributed by atoms with Crippen molar-refractivity contribution in [1.82, 2.24) is 9.97 Å². The van der Waals surface area contributed by atoms with Gasteiger partial charge in [0, 0.05) is 24.2 Å². The zero-order valence-corrected chi connectivity index (χ0v) is 13.7. The van der Waals surface area contributed by atoms with Crippen LogP contribution < -0.4 is 5.32 Å². The summed E-state index contributed by atoms with van der Waals surface area (Å²) in [7, 11) is 0. The number of rotatable bonds is 5. The van der Waals surface area contributed by atoms with E-state index in [1.165, 1.54) is 16.7 Å². The molecule has 0 radical (unpaired) electrons. The van der Waals surface area contributed by atoms with E-state index in [9.17, 15) is 0 Å². The van der Waals surface area contributed by atoms with Gasteiger partial charge in [0.25, 0.3) is 0 Å². The Morgan fingerprint density at radius 1 is 1.10 bits per heavy atom. The molecule has 1 N–H and O–H groups in total. The number of hydrogen-bond donors (Lipinski definition) is 1. The van der Waals surface area contributed by atoms with E-state index in [1.807, 2.05) is 0 Å². The zero-order chi connectivity index (χ0) is 15.4. The Kier molecular flexibility index (Phi) is 4.94. The highest BCUT2D eigenvalue weighted by atomic mass is 15.0. The van der Waals surface area contributed by atoms with Crippen molar-refractivity contribution in [3.05, 3.63) is 52.5 Å². The van der Waals surface area contributed by atoms with Gasteiger partial charge in [0.15, 0.2) is 0 Å². The van der Waals surface area contributed by atoms with Crippen LogP contribution in [0.15, 0.2) is 24.3 Å². The third kappa shape index (κ3) is 3.60. The quantitative estimate of drug-likeness (QED) is 0.892. The van der Waals surface area contributed by atoms with Crippen molar-refractivity contribution in [2.75, 3.05) is 11.9 Å². The van der Waals surface area contributed by atoms with Crippen LogP contribution in [0.5, 0.6) is 0 Å². The number of benzene rings is 1. The predicted molar refractivity (Wildman–Crippen MR) is 89.0 cm³/mol. The first kappa shape index (κ1) is 15.5. The van der Waals surface area contributed by atoms with Gasteiger partial charge in [0.05, 0.1) is 0 Å². The topological polar surface area (TPSA) is 37.8 Å². The van der Waals surface area contributed by atoms with Crippen molar-refractivity contribution in [2.24, 2.45) is 0 Å². The second-order valence-corrected chi connectivity index (χ2v) is 5.78. The van der Waals surface area contributed by atoms with Gasteiger partial charge in [0.1, 0.15) is 11.6 Å². The second-order valence-electron chi connectivity index (χ2n) is 5.78. The molecule has 0 fully saturated rings. The first-order chi connectivity index (χ1) is 10.0. The Balaban J connectivity index is 2.39. The summed E-state index contributed by atoms with van der Waals surface area (Å²) in [6, 6.07) is 8.42. The molecule has 0 saturated carbocycles. The molecule has 0 unspecified atom stereocenters. The highest BCUT2D eigenvalue weighted by Crippen LogP contribution is 2.26. The van der Waals surface area contributed by atoms with Gasteiger partial charge in [-0.3, -0.25) is 0 Å². The molecular formula is C18H25N3. The molecule has 0 bridgehead atoms. The lowest BCUT2D eigenvalue weighted by Gasteiger charge is -2.17. The molecule has 0 amide bonds. The Morgan fingerprint density at radius 3 is 2.43 bits per heavy atom. The van der Waals surface area contributed by atoms with Crippen molar-refractivity contribution < 1.29 is 0 Å². The molecule has 0 saturated heterocycles. The highest BCUT2D eigenvalue weighted by Gasteiger charge is 2.14. The Labute approximate surface area is 127 Å². The van der Waals surface area contributed by atoms with Crippen molar-refractivity contribution in [3.63, 3.8) is 0 Å². The molecule has 21 heavy (non-hydrogen) atoms. The number of anilines is 1. The van der Waals surface area contributed by atoms with Crippen LogP contribution in [0, 0.1) is 13.8 Å². The molecule has 1 aromatic heterocycles. The molecule has 3 nitrogen and oxygen atoms in total. The van der Waals surface area contributed by atoms with Crippen molar-refractivity contribution in [2.45, 2.75) is 47.0 Å². The summed E-state index contributed by atoms with van der Waals surface area (Å²) >= 11 is 0.